The Balaban J connectivity index is 0.00000261. The Morgan fingerprint density at radius 1 is 1.15 bits per heavy atom. The molecule has 0 aromatic carbocycles. The van der Waals surface area contributed by atoms with E-state index in [0.717, 1.165) is 63.5 Å². The molecule has 152 valence electrons. The molecule has 6 nitrogen and oxygen atoms in total. The van der Waals surface area contributed by atoms with E-state index in [9.17, 15) is 0 Å². The molecule has 0 spiro atoms. The number of pyridine rings is 1. The van der Waals surface area contributed by atoms with Gasteiger partial charge in [0.1, 0.15) is 5.82 Å². The van der Waals surface area contributed by atoms with Crippen LogP contribution in [0.25, 0.3) is 0 Å². The van der Waals surface area contributed by atoms with E-state index >= 15 is 0 Å². The minimum Gasteiger partial charge on any atom is -0.357 e. The fraction of sp³-hybridized carbons (Fsp3) is 0.700. The second-order valence-corrected chi connectivity index (χ2v) is 7.65. The van der Waals surface area contributed by atoms with Crippen molar-refractivity contribution in [3.63, 3.8) is 0 Å². The summed E-state index contributed by atoms with van der Waals surface area (Å²) in [5, 5.41) is 3.45. The van der Waals surface area contributed by atoms with Crippen LogP contribution in [0.4, 0.5) is 5.82 Å². The maximum absolute atomic E-state index is 4.86. The molecular formula is C20H35IN6. The lowest BCUT2D eigenvalue weighted by atomic mass is 10.00. The number of rotatable bonds is 4. The number of aliphatic imine (C=N–C) groups is 1. The van der Waals surface area contributed by atoms with Crippen LogP contribution in [0.2, 0.25) is 0 Å². The zero-order chi connectivity index (χ0) is 18.4. The number of halogens is 1. The molecule has 1 aromatic heterocycles. The van der Waals surface area contributed by atoms with Crippen molar-refractivity contribution in [2.24, 2.45) is 10.9 Å². The Kier molecular flexibility index (Phi) is 9.08. The largest absolute Gasteiger partial charge is 0.357 e. The van der Waals surface area contributed by atoms with Gasteiger partial charge in [-0.2, -0.15) is 0 Å². The fourth-order valence-electron chi connectivity index (χ4n) is 3.55. The van der Waals surface area contributed by atoms with E-state index < -0.39 is 0 Å². The summed E-state index contributed by atoms with van der Waals surface area (Å²) in [6.45, 7) is 12.6. The van der Waals surface area contributed by atoms with Gasteiger partial charge in [-0.05, 0) is 44.4 Å². The summed E-state index contributed by atoms with van der Waals surface area (Å²) >= 11 is 0. The molecule has 1 N–H and O–H groups in total. The fourth-order valence-corrected chi connectivity index (χ4v) is 3.55. The third-order valence-electron chi connectivity index (χ3n) is 5.47. The number of nitrogens with one attached hydrogen (secondary N) is 1. The summed E-state index contributed by atoms with van der Waals surface area (Å²) in [6, 6.07) is 4.32. The summed E-state index contributed by atoms with van der Waals surface area (Å²) < 4.78 is 0. The van der Waals surface area contributed by atoms with Gasteiger partial charge in [-0.1, -0.05) is 13.0 Å². The molecule has 27 heavy (non-hydrogen) atoms. The van der Waals surface area contributed by atoms with Crippen LogP contribution in [-0.2, 0) is 6.54 Å². The molecule has 0 atom stereocenters. The normalized spacial score (nSPS) is 19.7. The van der Waals surface area contributed by atoms with E-state index in [-0.39, 0.29) is 24.0 Å². The predicted molar refractivity (Wildman–Crippen MR) is 124 cm³/mol. The highest BCUT2D eigenvalue weighted by molar-refractivity contribution is 14.0. The lowest BCUT2D eigenvalue weighted by Gasteiger charge is -2.33. The van der Waals surface area contributed by atoms with Gasteiger partial charge in [-0.15, -0.1) is 24.0 Å². The van der Waals surface area contributed by atoms with E-state index in [0.29, 0.717) is 6.54 Å². The number of likely N-dealkylation sites (tertiary alicyclic amines) is 1. The number of anilines is 1. The molecule has 1 aromatic rings. The van der Waals surface area contributed by atoms with Crippen molar-refractivity contribution in [2.45, 2.75) is 33.2 Å². The molecule has 3 heterocycles. The molecule has 7 heteroatoms. The Labute approximate surface area is 181 Å². The highest BCUT2D eigenvalue weighted by Gasteiger charge is 2.18. The zero-order valence-corrected chi connectivity index (χ0v) is 19.4. The number of hydrogen-bond acceptors (Lipinski definition) is 4. The Morgan fingerprint density at radius 3 is 2.44 bits per heavy atom. The lowest BCUT2D eigenvalue weighted by Crippen LogP contribution is -2.45. The third kappa shape index (κ3) is 6.48. The summed E-state index contributed by atoms with van der Waals surface area (Å²) in [4.78, 5) is 16.7. The van der Waals surface area contributed by atoms with E-state index in [4.69, 9.17) is 4.99 Å². The minimum atomic E-state index is 0. The maximum atomic E-state index is 4.86. The summed E-state index contributed by atoms with van der Waals surface area (Å²) in [7, 11) is 2.18. The number of hydrogen-bond donors (Lipinski definition) is 1. The van der Waals surface area contributed by atoms with Crippen LogP contribution in [0.5, 0.6) is 0 Å². The van der Waals surface area contributed by atoms with E-state index in [2.05, 4.69) is 58.0 Å². The molecule has 0 aliphatic carbocycles. The van der Waals surface area contributed by atoms with Crippen molar-refractivity contribution in [1.29, 1.82) is 0 Å². The molecule has 2 aliphatic rings. The van der Waals surface area contributed by atoms with Gasteiger partial charge in [0, 0.05) is 52.0 Å². The standard InChI is InChI=1S/C20H34N6.HI/c1-4-21-20(26-9-7-17(2)8-10-26)23-16-18-5-6-19(22-15-18)25-13-11-24(3)12-14-25;/h5-6,15,17H,4,7-14,16H2,1-3H3,(H,21,23);1H. The van der Waals surface area contributed by atoms with Gasteiger partial charge in [0.05, 0.1) is 6.54 Å². The van der Waals surface area contributed by atoms with Gasteiger partial charge in [0.2, 0.25) is 0 Å². The Hall–Kier alpha value is -1.09. The first-order valence-corrected chi connectivity index (χ1v) is 10.1. The zero-order valence-electron chi connectivity index (χ0n) is 17.0. The van der Waals surface area contributed by atoms with Gasteiger partial charge < -0.3 is 20.0 Å². The van der Waals surface area contributed by atoms with Crippen LogP contribution in [0.3, 0.4) is 0 Å². The molecule has 0 unspecified atom stereocenters. The monoisotopic (exact) mass is 486 g/mol. The minimum absolute atomic E-state index is 0. The average molecular weight is 486 g/mol. The first-order chi connectivity index (χ1) is 12.7. The number of piperazine rings is 1. The Morgan fingerprint density at radius 2 is 1.85 bits per heavy atom. The van der Waals surface area contributed by atoms with Crippen molar-refractivity contribution in [3.8, 4) is 0 Å². The quantitative estimate of drug-likeness (QED) is 0.403. The summed E-state index contributed by atoms with van der Waals surface area (Å²) in [5.74, 6) is 2.96. The number of likely N-dealkylation sites (N-methyl/N-ethyl adjacent to an activating group) is 1. The Bertz CT molecular complexity index is 575. The second kappa shape index (κ2) is 11.0. The predicted octanol–water partition coefficient (Wildman–Crippen LogP) is 2.65. The van der Waals surface area contributed by atoms with Gasteiger partial charge >= 0.3 is 0 Å². The molecule has 3 rings (SSSR count). The topological polar surface area (TPSA) is 47.0 Å². The first kappa shape index (κ1) is 22.2. The van der Waals surface area contributed by atoms with Crippen molar-refractivity contribution < 1.29 is 0 Å². The van der Waals surface area contributed by atoms with Crippen LogP contribution in [0.1, 0.15) is 32.3 Å². The molecule has 0 amide bonds. The number of nitrogens with zero attached hydrogens (tertiary/aromatic N) is 5. The second-order valence-electron chi connectivity index (χ2n) is 7.65. The molecule has 0 bridgehead atoms. The SMILES string of the molecule is CCNC(=NCc1ccc(N2CCN(C)CC2)nc1)N1CCC(C)CC1.I. The summed E-state index contributed by atoms with van der Waals surface area (Å²) in [6.07, 6.45) is 4.50. The number of aromatic nitrogens is 1. The maximum Gasteiger partial charge on any atom is 0.194 e. The van der Waals surface area contributed by atoms with E-state index in [1.165, 1.54) is 18.4 Å². The van der Waals surface area contributed by atoms with Crippen molar-refractivity contribution in [2.75, 3.05) is 57.8 Å². The van der Waals surface area contributed by atoms with Crippen LogP contribution >= 0.6 is 24.0 Å². The lowest BCUT2D eigenvalue weighted by molar-refractivity contribution is 0.273. The van der Waals surface area contributed by atoms with Crippen molar-refractivity contribution in [1.82, 2.24) is 20.1 Å². The number of piperidine rings is 1. The van der Waals surface area contributed by atoms with Crippen molar-refractivity contribution >= 4 is 35.8 Å². The van der Waals surface area contributed by atoms with Gasteiger partial charge in [0.15, 0.2) is 5.96 Å². The van der Waals surface area contributed by atoms with Gasteiger partial charge in [-0.3, -0.25) is 0 Å². The first-order valence-electron chi connectivity index (χ1n) is 10.1. The van der Waals surface area contributed by atoms with Gasteiger partial charge in [-0.25, -0.2) is 9.98 Å². The average Bonchev–Trinajstić information content (AvgIpc) is 2.67. The molecule has 2 saturated heterocycles. The van der Waals surface area contributed by atoms with Crippen LogP contribution < -0.4 is 10.2 Å². The van der Waals surface area contributed by atoms with Gasteiger partial charge in [0.25, 0.3) is 0 Å². The number of guanidine groups is 1. The van der Waals surface area contributed by atoms with E-state index in [1.807, 2.05) is 6.20 Å². The molecule has 0 saturated carbocycles. The van der Waals surface area contributed by atoms with Crippen LogP contribution in [0, 0.1) is 5.92 Å². The van der Waals surface area contributed by atoms with Crippen LogP contribution in [-0.4, -0.2) is 73.6 Å². The molecule has 2 aliphatic heterocycles. The highest BCUT2D eigenvalue weighted by Crippen LogP contribution is 2.17. The van der Waals surface area contributed by atoms with Crippen LogP contribution in [0.15, 0.2) is 23.3 Å². The molecular weight excluding hydrogens is 451 g/mol. The van der Waals surface area contributed by atoms with Crippen molar-refractivity contribution in [3.05, 3.63) is 23.9 Å². The third-order valence-corrected chi connectivity index (χ3v) is 5.47. The highest BCUT2D eigenvalue weighted by atomic mass is 127. The molecule has 2 fully saturated rings. The molecule has 0 radical (unpaired) electrons. The smallest absolute Gasteiger partial charge is 0.194 e. The summed E-state index contributed by atoms with van der Waals surface area (Å²) in [5.41, 5.74) is 1.17. The van der Waals surface area contributed by atoms with E-state index in [1.54, 1.807) is 0 Å².